The van der Waals surface area contributed by atoms with Crippen LogP contribution in [0.15, 0.2) is 6.33 Å². The highest BCUT2D eigenvalue weighted by atomic mass is 16.6. The molecule has 0 bridgehead atoms. The quantitative estimate of drug-likeness (QED) is 0.522. The highest BCUT2D eigenvalue weighted by Crippen LogP contribution is 2.27. The van der Waals surface area contributed by atoms with E-state index in [9.17, 15) is 15.2 Å². The fourth-order valence-electron chi connectivity index (χ4n) is 1.93. The third-order valence-electron chi connectivity index (χ3n) is 2.52. The number of hydrogen-bond donors (Lipinski definition) is 3. The number of hydrogen-bond acceptors (Lipinski definition) is 7. The van der Waals surface area contributed by atoms with E-state index in [1.807, 2.05) is 13.8 Å². The minimum absolute atomic E-state index is 0.0153. The van der Waals surface area contributed by atoms with E-state index >= 15 is 0 Å². The van der Waals surface area contributed by atoms with Crippen LogP contribution < -0.4 is 11.1 Å². The lowest BCUT2D eigenvalue weighted by Crippen LogP contribution is -2.35. The molecule has 8 heteroatoms. The van der Waals surface area contributed by atoms with Crippen molar-refractivity contribution in [2.75, 3.05) is 17.6 Å². The van der Waals surface area contributed by atoms with Crippen molar-refractivity contribution < 1.29 is 10.0 Å². The first-order chi connectivity index (χ1) is 8.73. The maximum atomic E-state index is 10.9. The Kier molecular flexibility index (Phi) is 4.60. The monoisotopic (exact) mass is 269 g/mol. The van der Waals surface area contributed by atoms with Crippen molar-refractivity contribution in [2.45, 2.75) is 32.8 Å². The second-order valence-electron chi connectivity index (χ2n) is 5.16. The van der Waals surface area contributed by atoms with Crippen LogP contribution in [0, 0.1) is 16.0 Å². The Morgan fingerprint density at radius 1 is 1.58 bits per heavy atom. The SMILES string of the molecule is CC(C)CC(C)(O)CNc1ncnc(N)c1[N+](=O)[O-]. The summed E-state index contributed by atoms with van der Waals surface area (Å²) in [4.78, 5) is 17.6. The summed E-state index contributed by atoms with van der Waals surface area (Å²) in [5.74, 6) is 0.120. The van der Waals surface area contributed by atoms with Gasteiger partial charge in [0, 0.05) is 6.54 Å². The first-order valence-corrected chi connectivity index (χ1v) is 5.94. The van der Waals surface area contributed by atoms with Crippen molar-refractivity contribution in [3.63, 3.8) is 0 Å². The predicted octanol–water partition coefficient (Wildman–Crippen LogP) is 1.18. The molecule has 0 aliphatic heterocycles. The normalized spacial score (nSPS) is 14.2. The summed E-state index contributed by atoms with van der Waals surface area (Å²) in [7, 11) is 0. The summed E-state index contributed by atoms with van der Waals surface area (Å²) < 4.78 is 0. The van der Waals surface area contributed by atoms with Gasteiger partial charge in [0.25, 0.3) is 0 Å². The highest BCUT2D eigenvalue weighted by Gasteiger charge is 2.25. The maximum absolute atomic E-state index is 10.9. The van der Waals surface area contributed by atoms with Gasteiger partial charge < -0.3 is 16.2 Å². The largest absolute Gasteiger partial charge is 0.388 e. The molecule has 1 aromatic heterocycles. The molecule has 0 aliphatic carbocycles. The molecule has 106 valence electrons. The Morgan fingerprint density at radius 3 is 2.74 bits per heavy atom. The zero-order valence-electron chi connectivity index (χ0n) is 11.3. The van der Waals surface area contributed by atoms with Crippen LogP contribution in [0.3, 0.4) is 0 Å². The molecule has 1 rings (SSSR count). The average Bonchev–Trinajstić information content (AvgIpc) is 2.24. The molecule has 1 unspecified atom stereocenters. The van der Waals surface area contributed by atoms with Gasteiger partial charge in [-0.25, -0.2) is 9.97 Å². The molecule has 0 fully saturated rings. The third-order valence-corrected chi connectivity index (χ3v) is 2.52. The summed E-state index contributed by atoms with van der Waals surface area (Å²) in [6, 6.07) is 0. The lowest BCUT2D eigenvalue weighted by molar-refractivity contribution is -0.383. The minimum Gasteiger partial charge on any atom is -0.388 e. The number of nitrogens with one attached hydrogen (secondary N) is 1. The topological polar surface area (TPSA) is 127 Å². The fraction of sp³-hybridized carbons (Fsp3) is 0.636. The van der Waals surface area contributed by atoms with Gasteiger partial charge in [-0.1, -0.05) is 13.8 Å². The second-order valence-corrected chi connectivity index (χ2v) is 5.16. The summed E-state index contributed by atoms with van der Waals surface area (Å²) in [5.41, 5.74) is 4.09. The lowest BCUT2D eigenvalue weighted by atomic mass is 9.94. The number of nitro groups is 1. The van der Waals surface area contributed by atoms with Crippen molar-refractivity contribution in [3.05, 3.63) is 16.4 Å². The summed E-state index contributed by atoms with van der Waals surface area (Å²) >= 11 is 0. The summed E-state index contributed by atoms with van der Waals surface area (Å²) in [6.45, 7) is 5.78. The van der Waals surface area contributed by atoms with Crippen molar-refractivity contribution in [1.29, 1.82) is 0 Å². The van der Waals surface area contributed by atoms with Crippen LogP contribution in [0.5, 0.6) is 0 Å². The highest BCUT2D eigenvalue weighted by molar-refractivity contribution is 5.67. The smallest absolute Gasteiger partial charge is 0.352 e. The number of rotatable bonds is 6. The number of nitrogens with zero attached hydrogens (tertiary/aromatic N) is 3. The van der Waals surface area contributed by atoms with Gasteiger partial charge in [-0.3, -0.25) is 10.1 Å². The van der Waals surface area contributed by atoms with Crippen LogP contribution >= 0.6 is 0 Å². The molecule has 1 heterocycles. The molecule has 0 spiro atoms. The van der Waals surface area contributed by atoms with E-state index in [-0.39, 0.29) is 23.9 Å². The number of nitrogens with two attached hydrogens (primary N) is 1. The lowest BCUT2D eigenvalue weighted by Gasteiger charge is -2.25. The van der Waals surface area contributed by atoms with Crippen LogP contribution in [0.4, 0.5) is 17.3 Å². The zero-order chi connectivity index (χ0) is 14.6. The third kappa shape index (κ3) is 4.32. The molecule has 1 atom stereocenters. The Hall–Kier alpha value is -1.96. The molecule has 8 nitrogen and oxygen atoms in total. The van der Waals surface area contributed by atoms with Crippen molar-refractivity contribution in [3.8, 4) is 0 Å². The van der Waals surface area contributed by atoms with Gasteiger partial charge in [-0.15, -0.1) is 0 Å². The van der Waals surface area contributed by atoms with Crippen LogP contribution in [-0.4, -0.2) is 32.1 Å². The van der Waals surface area contributed by atoms with Gasteiger partial charge >= 0.3 is 5.69 Å². The van der Waals surface area contributed by atoms with Crippen molar-refractivity contribution in [2.24, 2.45) is 5.92 Å². The first kappa shape index (κ1) is 15.1. The van der Waals surface area contributed by atoms with E-state index in [2.05, 4.69) is 15.3 Å². The van der Waals surface area contributed by atoms with Gasteiger partial charge in [0.05, 0.1) is 10.5 Å². The first-order valence-electron chi connectivity index (χ1n) is 5.94. The van der Waals surface area contributed by atoms with E-state index in [1.54, 1.807) is 6.92 Å². The molecule has 0 radical (unpaired) electrons. The van der Waals surface area contributed by atoms with E-state index in [1.165, 1.54) is 0 Å². The van der Waals surface area contributed by atoms with E-state index < -0.39 is 10.5 Å². The number of anilines is 2. The van der Waals surface area contributed by atoms with Crippen LogP contribution in [-0.2, 0) is 0 Å². The summed E-state index contributed by atoms with van der Waals surface area (Å²) in [5, 5.41) is 23.8. The molecule has 19 heavy (non-hydrogen) atoms. The van der Waals surface area contributed by atoms with Gasteiger partial charge in [-0.05, 0) is 19.3 Å². The summed E-state index contributed by atoms with van der Waals surface area (Å²) in [6.07, 6.45) is 1.70. The Bertz CT molecular complexity index is 462. The average molecular weight is 269 g/mol. The number of aromatic nitrogens is 2. The molecule has 0 amide bonds. The van der Waals surface area contributed by atoms with Gasteiger partial charge in [0.15, 0.2) is 0 Å². The van der Waals surface area contributed by atoms with Crippen molar-refractivity contribution >= 4 is 17.3 Å². The van der Waals surface area contributed by atoms with Crippen LogP contribution in [0.25, 0.3) is 0 Å². The Labute approximate surface area is 111 Å². The molecule has 0 aromatic carbocycles. The Balaban J connectivity index is 2.84. The molecular weight excluding hydrogens is 250 g/mol. The molecule has 0 aliphatic rings. The molecule has 0 saturated carbocycles. The van der Waals surface area contributed by atoms with Crippen LogP contribution in [0.2, 0.25) is 0 Å². The molecular formula is C11H19N5O3. The van der Waals surface area contributed by atoms with Gasteiger partial charge in [0.1, 0.15) is 6.33 Å². The van der Waals surface area contributed by atoms with E-state index in [0.29, 0.717) is 12.3 Å². The maximum Gasteiger partial charge on any atom is 0.352 e. The number of nitrogen functional groups attached to an aromatic ring is 1. The minimum atomic E-state index is -0.984. The van der Waals surface area contributed by atoms with Crippen LogP contribution in [0.1, 0.15) is 27.2 Å². The van der Waals surface area contributed by atoms with Gasteiger partial charge in [-0.2, -0.15) is 0 Å². The van der Waals surface area contributed by atoms with E-state index in [4.69, 9.17) is 5.73 Å². The zero-order valence-corrected chi connectivity index (χ0v) is 11.3. The van der Waals surface area contributed by atoms with E-state index in [0.717, 1.165) is 6.33 Å². The standard InChI is InChI=1S/C11H19N5O3/c1-7(2)4-11(3,17)5-13-10-8(16(18)19)9(12)14-6-15-10/h6-7,17H,4-5H2,1-3H3,(H3,12,13,14,15). The molecule has 1 aromatic rings. The molecule has 0 saturated heterocycles. The predicted molar refractivity (Wildman–Crippen MR) is 71.7 cm³/mol. The molecule has 4 N–H and O–H groups in total. The van der Waals surface area contributed by atoms with Gasteiger partial charge in [0.2, 0.25) is 11.6 Å². The second kappa shape index (κ2) is 5.79. The van der Waals surface area contributed by atoms with Crippen molar-refractivity contribution in [1.82, 2.24) is 9.97 Å². The number of aliphatic hydroxyl groups is 1. The Morgan fingerprint density at radius 2 is 2.21 bits per heavy atom. The fourth-order valence-corrected chi connectivity index (χ4v) is 1.93.